The van der Waals surface area contributed by atoms with Gasteiger partial charge in [-0.05, 0) is 25.1 Å². The fraction of sp³-hybridized carbons (Fsp3) is 0.600. The standard InChI is InChI=1S/C15H22N2O/c1-3-17-8-7-15(2,11-17)18-14-6-4-5-12-9-16-10-13(12)14/h4-6,16H,3,7-11H2,1-2H3. The third-order valence-corrected chi connectivity index (χ3v) is 4.17. The molecule has 1 N–H and O–H groups in total. The molecule has 0 spiro atoms. The summed E-state index contributed by atoms with van der Waals surface area (Å²) in [6.07, 6.45) is 1.12. The van der Waals surface area contributed by atoms with E-state index in [1.165, 1.54) is 11.1 Å². The monoisotopic (exact) mass is 246 g/mol. The molecule has 0 amide bonds. The zero-order valence-corrected chi connectivity index (χ0v) is 11.3. The van der Waals surface area contributed by atoms with Crippen molar-refractivity contribution < 1.29 is 4.74 Å². The number of benzene rings is 1. The Hall–Kier alpha value is -1.06. The van der Waals surface area contributed by atoms with Crippen LogP contribution in [0, 0.1) is 0 Å². The van der Waals surface area contributed by atoms with Gasteiger partial charge in [0.2, 0.25) is 0 Å². The summed E-state index contributed by atoms with van der Waals surface area (Å²) in [5.41, 5.74) is 2.73. The second-order valence-electron chi connectivity index (χ2n) is 5.67. The Kier molecular flexibility index (Phi) is 3.04. The van der Waals surface area contributed by atoms with E-state index in [0.717, 1.165) is 44.9 Å². The summed E-state index contributed by atoms with van der Waals surface area (Å²) >= 11 is 0. The number of nitrogens with one attached hydrogen (secondary N) is 1. The second kappa shape index (κ2) is 4.56. The van der Waals surface area contributed by atoms with Gasteiger partial charge in [0, 0.05) is 38.2 Å². The molecule has 0 bridgehead atoms. The topological polar surface area (TPSA) is 24.5 Å². The molecule has 3 rings (SSSR count). The molecule has 3 nitrogen and oxygen atoms in total. The molecule has 3 heteroatoms. The molecule has 2 aliphatic rings. The van der Waals surface area contributed by atoms with Crippen molar-refractivity contribution in [3.63, 3.8) is 0 Å². The number of likely N-dealkylation sites (tertiary alicyclic amines) is 1. The van der Waals surface area contributed by atoms with E-state index in [2.05, 4.69) is 42.3 Å². The maximum Gasteiger partial charge on any atom is 0.125 e. The summed E-state index contributed by atoms with van der Waals surface area (Å²) < 4.78 is 6.36. The Bertz CT molecular complexity index is 446. The minimum absolute atomic E-state index is 0.0201. The number of rotatable bonds is 3. The van der Waals surface area contributed by atoms with E-state index in [4.69, 9.17) is 4.74 Å². The summed E-state index contributed by atoms with van der Waals surface area (Å²) in [7, 11) is 0. The fourth-order valence-corrected chi connectivity index (χ4v) is 3.04. The molecule has 1 fully saturated rings. The lowest BCUT2D eigenvalue weighted by molar-refractivity contribution is 0.0958. The Morgan fingerprint density at radius 3 is 3.06 bits per heavy atom. The highest BCUT2D eigenvalue weighted by Crippen LogP contribution is 2.32. The van der Waals surface area contributed by atoms with Gasteiger partial charge in [0.25, 0.3) is 0 Å². The van der Waals surface area contributed by atoms with Crippen molar-refractivity contribution in [3.8, 4) is 5.75 Å². The number of likely N-dealkylation sites (N-methyl/N-ethyl adjacent to an activating group) is 1. The lowest BCUT2D eigenvalue weighted by atomic mass is 10.0. The van der Waals surface area contributed by atoms with Crippen LogP contribution in [0.2, 0.25) is 0 Å². The maximum atomic E-state index is 6.36. The van der Waals surface area contributed by atoms with Gasteiger partial charge in [0.15, 0.2) is 0 Å². The van der Waals surface area contributed by atoms with Crippen molar-refractivity contribution >= 4 is 0 Å². The Labute approximate surface area is 109 Å². The van der Waals surface area contributed by atoms with Gasteiger partial charge >= 0.3 is 0 Å². The van der Waals surface area contributed by atoms with Crippen LogP contribution in [-0.2, 0) is 13.1 Å². The largest absolute Gasteiger partial charge is 0.486 e. The molecule has 0 aliphatic carbocycles. The van der Waals surface area contributed by atoms with Crippen molar-refractivity contribution in [1.82, 2.24) is 10.2 Å². The lowest BCUT2D eigenvalue weighted by Crippen LogP contribution is -2.36. The highest BCUT2D eigenvalue weighted by atomic mass is 16.5. The molecule has 0 aromatic heterocycles. The summed E-state index contributed by atoms with van der Waals surface area (Å²) in [4.78, 5) is 2.46. The Morgan fingerprint density at radius 1 is 1.39 bits per heavy atom. The molecule has 98 valence electrons. The van der Waals surface area contributed by atoms with Crippen LogP contribution in [0.5, 0.6) is 5.75 Å². The van der Waals surface area contributed by atoms with Crippen LogP contribution in [0.15, 0.2) is 18.2 Å². The molecule has 1 unspecified atom stereocenters. The third-order valence-electron chi connectivity index (χ3n) is 4.17. The minimum Gasteiger partial charge on any atom is -0.486 e. The molecule has 18 heavy (non-hydrogen) atoms. The number of nitrogens with zero attached hydrogens (tertiary/aromatic N) is 1. The third kappa shape index (κ3) is 2.13. The van der Waals surface area contributed by atoms with Crippen LogP contribution < -0.4 is 10.1 Å². The molecule has 2 aliphatic heterocycles. The number of ether oxygens (including phenoxy) is 1. The molecule has 1 saturated heterocycles. The van der Waals surface area contributed by atoms with E-state index in [0.29, 0.717) is 0 Å². The number of hydrogen-bond acceptors (Lipinski definition) is 3. The first-order chi connectivity index (χ1) is 8.70. The number of hydrogen-bond donors (Lipinski definition) is 1. The van der Waals surface area contributed by atoms with E-state index in [1.807, 2.05) is 0 Å². The Morgan fingerprint density at radius 2 is 2.28 bits per heavy atom. The quantitative estimate of drug-likeness (QED) is 0.884. The van der Waals surface area contributed by atoms with Crippen molar-refractivity contribution in [3.05, 3.63) is 29.3 Å². The van der Waals surface area contributed by atoms with Gasteiger partial charge in [-0.3, -0.25) is 4.90 Å². The van der Waals surface area contributed by atoms with Gasteiger partial charge in [0.1, 0.15) is 11.4 Å². The first kappa shape index (κ1) is 12.0. The zero-order chi connectivity index (χ0) is 12.6. The molecule has 2 heterocycles. The highest BCUT2D eigenvalue weighted by molar-refractivity contribution is 5.42. The summed E-state index contributed by atoms with van der Waals surface area (Å²) in [5, 5.41) is 3.40. The number of fused-ring (bicyclic) bond motifs is 1. The van der Waals surface area contributed by atoms with Crippen molar-refractivity contribution in [2.24, 2.45) is 0 Å². The van der Waals surface area contributed by atoms with Crippen LogP contribution in [0.25, 0.3) is 0 Å². The summed E-state index contributed by atoms with van der Waals surface area (Å²) in [6.45, 7) is 9.69. The second-order valence-corrected chi connectivity index (χ2v) is 5.67. The predicted molar refractivity (Wildman–Crippen MR) is 72.7 cm³/mol. The van der Waals surface area contributed by atoms with Crippen LogP contribution in [0.1, 0.15) is 31.4 Å². The normalized spacial score (nSPS) is 27.4. The van der Waals surface area contributed by atoms with Crippen molar-refractivity contribution in [2.75, 3.05) is 19.6 Å². The van der Waals surface area contributed by atoms with Gasteiger partial charge < -0.3 is 10.1 Å². The predicted octanol–water partition coefficient (Wildman–Crippen LogP) is 2.15. The molecule has 0 radical (unpaired) electrons. The van der Waals surface area contributed by atoms with Crippen LogP contribution in [0.4, 0.5) is 0 Å². The fourth-order valence-electron chi connectivity index (χ4n) is 3.04. The average molecular weight is 246 g/mol. The van der Waals surface area contributed by atoms with Gasteiger partial charge in [-0.1, -0.05) is 19.1 Å². The summed E-state index contributed by atoms with van der Waals surface area (Å²) in [6, 6.07) is 6.42. The van der Waals surface area contributed by atoms with Crippen molar-refractivity contribution in [2.45, 2.75) is 39.0 Å². The van der Waals surface area contributed by atoms with Gasteiger partial charge in [-0.2, -0.15) is 0 Å². The van der Waals surface area contributed by atoms with E-state index < -0.39 is 0 Å². The van der Waals surface area contributed by atoms with Gasteiger partial charge in [-0.25, -0.2) is 0 Å². The Balaban J connectivity index is 1.79. The molecule has 1 aromatic rings. The minimum atomic E-state index is -0.0201. The van der Waals surface area contributed by atoms with Gasteiger partial charge in [-0.15, -0.1) is 0 Å². The molecular formula is C15H22N2O. The van der Waals surface area contributed by atoms with E-state index in [1.54, 1.807) is 0 Å². The van der Waals surface area contributed by atoms with Crippen LogP contribution in [-0.4, -0.2) is 30.1 Å². The molecular weight excluding hydrogens is 224 g/mol. The van der Waals surface area contributed by atoms with Crippen LogP contribution in [0.3, 0.4) is 0 Å². The van der Waals surface area contributed by atoms with Crippen molar-refractivity contribution in [1.29, 1.82) is 0 Å². The van der Waals surface area contributed by atoms with E-state index in [-0.39, 0.29) is 5.60 Å². The highest BCUT2D eigenvalue weighted by Gasteiger charge is 2.35. The van der Waals surface area contributed by atoms with Crippen LogP contribution >= 0.6 is 0 Å². The first-order valence-electron chi connectivity index (χ1n) is 6.93. The average Bonchev–Trinajstić information content (AvgIpc) is 2.96. The van der Waals surface area contributed by atoms with E-state index >= 15 is 0 Å². The zero-order valence-electron chi connectivity index (χ0n) is 11.3. The molecule has 0 saturated carbocycles. The summed E-state index contributed by atoms with van der Waals surface area (Å²) in [5.74, 6) is 1.08. The molecule has 1 atom stereocenters. The van der Waals surface area contributed by atoms with E-state index in [9.17, 15) is 0 Å². The smallest absolute Gasteiger partial charge is 0.125 e. The molecule has 1 aromatic carbocycles. The lowest BCUT2D eigenvalue weighted by Gasteiger charge is -2.27. The SMILES string of the molecule is CCN1CCC(C)(Oc2cccc3c2CNC3)C1. The maximum absolute atomic E-state index is 6.36. The first-order valence-corrected chi connectivity index (χ1v) is 6.93. The van der Waals surface area contributed by atoms with Gasteiger partial charge in [0.05, 0.1) is 0 Å².